The molecule has 0 heterocycles. The fourth-order valence-electron chi connectivity index (χ4n) is 3.21. The third kappa shape index (κ3) is 13.8. The van der Waals surface area contributed by atoms with Gasteiger partial charge in [-0.25, -0.2) is 4.79 Å². The Kier molecular flexibility index (Phi) is 13.2. The van der Waals surface area contributed by atoms with E-state index in [9.17, 15) is 14.4 Å². The second-order valence-corrected chi connectivity index (χ2v) is 12.6. The normalized spacial score (nSPS) is 14.5. The van der Waals surface area contributed by atoms with E-state index in [0.29, 0.717) is 13.2 Å². The number of carbonyl (C=O) groups is 3. The lowest BCUT2D eigenvalue weighted by Crippen LogP contribution is -2.56. The maximum Gasteiger partial charge on any atom is 0.408 e. The summed E-state index contributed by atoms with van der Waals surface area (Å²) >= 11 is 0. The van der Waals surface area contributed by atoms with Gasteiger partial charge in [-0.05, 0) is 36.2 Å². The summed E-state index contributed by atoms with van der Waals surface area (Å²) in [5.41, 5.74) is 0.689. The van der Waals surface area contributed by atoms with Gasteiger partial charge in [0, 0.05) is 0 Å². The zero-order valence-electron chi connectivity index (χ0n) is 24.8. The average Bonchev–Trinajstić information content (AvgIpc) is 2.79. The number of nitrogens with one attached hydrogen (secondary N) is 3. The number of benzene rings is 1. The highest BCUT2D eigenvalue weighted by molar-refractivity contribution is 5.91. The van der Waals surface area contributed by atoms with Crippen molar-refractivity contribution in [3.8, 4) is 0 Å². The molecule has 9 heteroatoms. The summed E-state index contributed by atoms with van der Waals surface area (Å²) in [5.74, 6) is -1.09. The molecule has 1 unspecified atom stereocenters. The zero-order chi connectivity index (χ0) is 29.1. The molecule has 0 bridgehead atoms. The Labute approximate surface area is 228 Å². The molecule has 3 atom stereocenters. The first-order valence-corrected chi connectivity index (χ1v) is 13.3. The lowest BCUT2D eigenvalue weighted by molar-refractivity contribution is -0.183. The van der Waals surface area contributed by atoms with Crippen LogP contribution in [0.25, 0.3) is 0 Å². The molecule has 0 aromatic heterocycles. The summed E-state index contributed by atoms with van der Waals surface area (Å²) in [5, 5.41) is 8.19. The van der Waals surface area contributed by atoms with Crippen molar-refractivity contribution < 1.29 is 28.6 Å². The first kappa shape index (κ1) is 33.4. The molecule has 0 aliphatic rings. The van der Waals surface area contributed by atoms with Crippen LogP contribution in [0.4, 0.5) is 4.79 Å². The minimum Gasteiger partial charge on any atom is -0.445 e. The van der Waals surface area contributed by atoms with E-state index in [2.05, 4.69) is 57.5 Å². The van der Waals surface area contributed by atoms with Gasteiger partial charge in [-0.3, -0.25) is 9.59 Å². The SMILES string of the molecule is CC(NC(=O)[C@H](C)NC(=O)[C@@H](NC(=O)OCc1ccccc1)C(C)C)C(OCC(C)(C)C)OCC(C)(C)C. The molecule has 0 saturated carbocycles. The van der Waals surface area contributed by atoms with Crippen molar-refractivity contribution in [2.75, 3.05) is 13.2 Å². The van der Waals surface area contributed by atoms with Crippen LogP contribution in [0, 0.1) is 16.7 Å². The molecule has 0 spiro atoms. The Balaban J connectivity index is 2.71. The summed E-state index contributed by atoms with van der Waals surface area (Å²) in [6.45, 7) is 20.4. The Morgan fingerprint density at radius 3 is 1.76 bits per heavy atom. The lowest BCUT2D eigenvalue weighted by Gasteiger charge is -2.31. The lowest BCUT2D eigenvalue weighted by atomic mass is 9.98. The Bertz CT molecular complexity index is 859. The summed E-state index contributed by atoms with van der Waals surface area (Å²) in [7, 11) is 0. The van der Waals surface area contributed by atoms with Gasteiger partial charge in [0.1, 0.15) is 18.7 Å². The van der Waals surface area contributed by atoms with E-state index < -0.39 is 36.4 Å². The summed E-state index contributed by atoms with van der Waals surface area (Å²) in [6, 6.07) is 7.08. The van der Waals surface area contributed by atoms with Gasteiger partial charge in [0.25, 0.3) is 0 Å². The fraction of sp³-hybridized carbons (Fsp3) is 0.690. The van der Waals surface area contributed by atoms with E-state index >= 15 is 0 Å². The molecule has 0 aliphatic heterocycles. The molecule has 216 valence electrons. The van der Waals surface area contributed by atoms with Gasteiger partial charge in [0.05, 0.1) is 19.3 Å². The first-order chi connectivity index (χ1) is 17.5. The first-order valence-electron chi connectivity index (χ1n) is 13.3. The van der Waals surface area contributed by atoms with Gasteiger partial charge < -0.3 is 30.2 Å². The van der Waals surface area contributed by atoms with Crippen LogP contribution in [0.2, 0.25) is 0 Å². The Morgan fingerprint density at radius 1 is 0.763 bits per heavy atom. The Hall–Kier alpha value is -2.65. The van der Waals surface area contributed by atoms with Crippen molar-refractivity contribution in [2.24, 2.45) is 16.7 Å². The number of carbonyl (C=O) groups excluding carboxylic acids is 3. The van der Waals surface area contributed by atoms with Crippen LogP contribution in [0.15, 0.2) is 30.3 Å². The van der Waals surface area contributed by atoms with E-state index in [4.69, 9.17) is 14.2 Å². The molecule has 0 fully saturated rings. The van der Waals surface area contributed by atoms with Crippen LogP contribution in [-0.2, 0) is 30.4 Å². The summed E-state index contributed by atoms with van der Waals surface area (Å²) < 4.78 is 17.3. The number of alkyl carbamates (subject to hydrolysis) is 1. The number of amides is 3. The standard InChI is InChI=1S/C29H49N3O6/c1-19(2)23(32-27(35)36-16-22-14-12-11-13-15-22)25(34)30-20(3)24(33)31-21(4)26(37-17-28(5,6)7)38-18-29(8,9)10/h11-15,19-21,23,26H,16-18H2,1-10H3,(H,30,34)(H,31,33)(H,32,35)/t20-,21?,23-/m0/s1. The minimum atomic E-state index is -0.871. The smallest absolute Gasteiger partial charge is 0.408 e. The quantitative estimate of drug-likeness (QED) is 0.323. The zero-order valence-corrected chi connectivity index (χ0v) is 24.8. The third-order valence-corrected chi connectivity index (χ3v) is 5.33. The fourth-order valence-corrected chi connectivity index (χ4v) is 3.21. The predicted molar refractivity (Wildman–Crippen MR) is 148 cm³/mol. The minimum absolute atomic E-state index is 0.0740. The third-order valence-electron chi connectivity index (χ3n) is 5.33. The number of hydrogen-bond acceptors (Lipinski definition) is 6. The molecular weight excluding hydrogens is 486 g/mol. The molecule has 1 rings (SSSR count). The predicted octanol–water partition coefficient (Wildman–Crippen LogP) is 4.40. The number of hydrogen-bond donors (Lipinski definition) is 3. The Morgan fingerprint density at radius 2 is 1.29 bits per heavy atom. The maximum atomic E-state index is 12.9. The van der Waals surface area contributed by atoms with Gasteiger partial charge in [-0.15, -0.1) is 0 Å². The van der Waals surface area contributed by atoms with Crippen LogP contribution in [0.1, 0.15) is 74.8 Å². The van der Waals surface area contributed by atoms with E-state index in [1.807, 2.05) is 37.3 Å². The largest absolute Gasteiger partial charge is 0.445 e. The summed E-state index contributed by atoms with van der Waals surface area (Å²) in [6.07, 6.45) is -1.35. The van der Waals surface area contributed by atoms with Crippen LogP contribution < -0.4 is 16.0 Å². The second kappa shape index (κ2) is 15.1. The molecule has 3 amide bonds. The number of rotatable bonds is 13. The van der Waals surface area contributed by atoms with Crippen LogP contribution in [0.5, 0.6) is 0 Å². The molecule has 0 saturated heterocycles. The second-order valence-electron chi connectivity index (χ2n) is 12.6. The van der Waals surface area contributed by atoms with E-state index in [1.54, 1.807) is 20.8 Å². The molecule has 0 aliphatic carbocycles. The van der Waals surface area contributed by atoms with Crippen LogP contribution >= 0.6 is 0 Å². The van der Waals surface area contributed by atoms with Gasteiger partial charge >= 0.3 is 6.09 Å². The molecule has 1 aromatic rings. The highest BCUT2D eigenvalue weighted by Gasteiger charge is 2.30. The van der Waals surface area contributed by atoms with Crippen molar-refractivity contribution in [3.63, 3.8) is 0 Å². The van der Waals surface area contributed by atoms with E-state index in [1.165, 1.54) is 0 Å². The van der Waals surface area contributed by atoms with E-state index in [-0.39, 0.29) is 29.3 Å². The van der Waals surface area contributed by atoms with Gasteiger partial charge in [-0.1, -0.05) is 85.7 Å². The molecule has 3 N–H and O–H groups in total. The molecular formula is C29H49N3O6. The molecule has 38 heavy (non-hydrogen) atoms. The molecule has 9 nitrogen and oxygen atoms in total. The van der Waals surface area contributed by atoms with Crippen molar-refractivity contribution in [1.29, 1.82) is 0 Å². The summed E-state index contributed by atoms with van der Waals surface area (Å²) in [4.78, 5) is 38.2. The van der Waals surface area contributed by atoms with Crippen molar-refractivity contribution in [2.45, 2.75) is 100 Å². The van der Waals surface area contributed by atoms with Gasteiger partial charge in [0.2, 0.25) is 11.8 Å². The molecule has 0 radical (unpaired) electrons. The monoisotopic (exact) mass is 535 g/mol. The topological polar surface area (TPSA) is 115 Å². The molecule has 1 aromatic carbocycles. The number of ether oxygens (including phenoxy) is 3. The van der Waals surface area contributed by atoms with Crippen molar-refractivity contribution in [1.82, 2.24) is 16.0 Å². The van der Waals surface area contributed by atoms with Crippen molar-refractivity contribution in [3.05, 3.63) is 35.9 Å². The van der Waals surface area contributed by atoms with Crippen molar-refractivity contribution >= 4 is 17.9 Å². The average molecular weight is 536 g/mol. The van der Waals surface area contributed by atoms with Gasteiger partial charge in [-0.2, -0.15) is 0 Å². The highest BCUT2D eigenvalue weighted by Crippen LogP contribution is 2.19. The van der Waals surface area contributed by atoms with Crippen LogP contribution in [-0.4, -0.2) is 55.5 Å². The van der Waals surface area contributed by atoms with Gasteiger partial charge in [0.15, 0.2) is 6.29 Å². The van der Waals surface area contributed by atoms with E-state index in [0.717, 1.165) is 5.56 Å². The van der Waals surface area contributed by atoms with Crippen LogP contribution in [0.3, 0.4) is 0 Å². The maximum absolute atomic E-state index is 12.9. The highest BCUT2D eigenvalue weighted by atomic mass is 16.7.